The molecule has 0 N–H and O–H groups in total. The van der Waals surface area contributed by atoms with E-state index in [2.05, 4.69) is 9.97 Å². The first-order chi connectivity index (χ1) is 14.6. The topological polar surface area (TPSA) is 64.8 Å². The van der Waals surface area contributed by atoms with Crippen LogP contribution in [0.1, 0.15) is 28.9 Å². The minimum atomic E-state index is -0.187. The fourth-order valence-electron chi connectivity index (χ4n) is 3.75. The normalized spacial score (nSPS) is 13.3. The van der Waals surface area contributed by atoms with Crippen molar-refractivity contribution in [1.82, 2.24) is 14.5 Å². The Morgan fingerprint density at radius 2 is 1.87 bits per heavy atom. The van der Waals surface area contributed by atoms with Crippen molar-refractivity contribution in [1.29, 1.82) is 0 Å². The predicted octanol–water partition coefficient (Wildman–Crippen LogP) is 5.20. The number of rotatable bonds is 3. The van der Waals surface area contributed by atoms with Gasteiger partial charge >= 0.3 is 0 Å². The molecule has 5 nitrogen and oxygen atoms in total. The predicted molar refractivity (Wildman–Crippen MR) is 119 cm³/mol. The SMILES string of the molecule is O=C1CCCc2c1cc(-c1nc(-c3ccc(Cl)cc3)cs1)c(=O)n2-c1cccnc1. The summed E-state index contributed by atoms with van der Waals surface area (Å²) in [6.07, 6.45) is 5.22. The molecule has 0 saturated carbocycles. The van der Waals surface area contributed by atoms with Gasteiger partial charge in [0, 0.05) is 39.8 Å². The second kappa shape index (κ2) is 7.63. The number of fused-ring (bicyclic) bond motifs is 1. The van der Waals surface area contributed by atoms with Gasteiger partial charge in [0.05, 0.1) is 23.1 Å². The number of nitrogens with zero attached hydrogens (tertiary/aromatic N) is 3. The quantitative estimate of drug-likeness (QED) is 0.445. The lowest BCUT2D eigenvalue weighted by atomic mass is 9.93. The van der Waals surface area contributed by atoms with E-state index in [0.29, 0.717) is 39.7 Å². The highest BCUT2D eigenvalue weighted by Gasteiger charge is 2.25. The van der Waals surface area contributed by atoms with E-state index in [4.69, 9.17) is 11.6 Å². The number of carbonyl (C=O) groups is 1. The van der Waals surface area contributed by atoms with Gasteiger partial charge in [0.15, 0.2) is 5.78 Å². The molecule has 0 saturated heterocycles. The molecule has 0 atom stereocenters. The van der Waals surface area contributed by atoms with E-state index in [0.717, 1.165) is 23.4 Å². The van der Waals surface area contributed by atoms with Crippen molar-refractivity contribution in [3.8, 4) is 27.5 Å². The maximum atomic E-state index is 13.5. The summed E-state index contributed by atoms with van der Waals surface area (Å²) in [6.45, 7) is 0. The van der Waals surface area contributed by atoms with E-state index in [1.165, 1.54) is 11.3 Å². The summed E-state index contributed by atoms with van der Waals surface area (Å²) in [5, 5.41) is 3.15. The standard InChI is InChI=1S/C23H16ClN3O2S/c24-15-8-6-14(7-9-15)19-13-30-22(26-19)18-11-17-20(4-1-5-21(17)28)27(23(18)29)16-3-2-10-25-12-16/h2-3,6-13H,1,4-5H2. The molecule has 0 fully saturated rings. The van der Waals surface area contributed by atoms with Gasteiger partial charge in [-0.15, -0.1) is 11.3 Å². The molecule has 0 unspecified atom stereocenters. The van der Waals surface area contributed by atoms with Gasteiger partial charge < -0.3 is 0 Å². The van der Waals surface area contributed by atoms with Gasteiger partial charge in [0.1, 0.15) is 5.01 Å². The molecule has 0 spiro atoms. The largest absolute Gasteiger partial charge is 0.294 e. The molecule has 0 bridgehead atoms. The molecule has 0 radical (unpaired) electrons. The van der Waals surface area contributed by atoms with Gasteiger partial charge in [-0.25, -0.2) is 4.98 Å². The number of ketones is 1. The highest BCUT2D eigenvalue weighted by Crippen LogP contribution is 2.31. The molecule has 4 aromatic rings. The fraction of sp³-hybridized carbons (Fsp3) is 0.130. The number of hydrogen-bond acceptors (Lipinski definition) is 5. The van der Waals surface area contributed by atoms with Crippen LogP contribution >= 0.6 is 22.9 Å². The van der Waals surface area contributed by atoms with E-state index in [1.807, 2.05) is 35.7 Å². The fourth-order valence-corrected chi connectivity index (χ4v) is 4.72. The van der Waals surface area contributed by atoms with Crippen molar-refractivity contribution in [2.45, 2.75) is 19.3 Å². The molecular formula is C23H16ClN3O2S. The van der Waals surface area contributed by atoms with Crippen LogP contribution in [-0.4, -0.2) is 20.3 Å². The Balaban J connectivity index is 1.70. The lowest BCUT2D eigenvalue weighted by molar-refractivity contribution is 0.0971. The van der Waals surface area contributed by atoms with Gasteiger partial charge in [0.2, 0.25) is 0 Å². The Morgan fingerprint density at radius 3 is 2.63 bits per heavy atom. The molecule has 3 heterocycles. The second-order valence-corrected chi connectivity index (χ2v) is 8.39. The number of carbonyl (C=O) groups excluding carboxylic acids is 1. The molecule has 7 heteroatoms. The van der Waals surface area contributed by atoms with Crippen LogP contribution in [0.5, 0.6) is 0 Å². The van der Waals surface area contributed by atoms with Gasteiger partial charge in [-0.3, -0.25) is 19.1 Å². The summed E-state index contributed by atoms with van der Waals surface area (Å²) in [5.74, 6) is 0.0598. The summed E-state index contributed by atoms with van der Waals surface area (Å²) < 4.78 is 1.62. The van der Waals surface area contributed by atoms with Gasteiger partial charge in [-0.2, -0.15) is 0 Å². The summed E-state index contributed by atoms with van der Waals surface area (Å²) in [4.78, 5) is 35.0. The molecule has 1 aliphatic carbocycles. The molecule has 1 aromatic carbocycles. The maximum Gasteiger partial charge on any atom is 0.265 e. The highest BCUT2D eigenvalue weighted by molar-refractivity contribution is 7.13. The zero-order chi connectivity index (χ0) is 20.7. The van der Waals surface area contributed by atoms with Crippen molar-refractivity contribution in [3.63, 3.8) is 0 Å². The molecule has 3 aromatic heterocycles. The summed E-state index contributed by atoms with van der Waals surface area (Å²) in [5.41, 5.74) is 3.94. The Morgan fingerprint density at radius 1 is 1.03 bits per heavy atom. The van der Waals surface area contributed by atoms with E-state index in [-0.39, 0.29) is 11.3 Å². The molecule has 30 heavy (non-hydrogen) atoms. The van der Waals surface area contributed by atoms with Crippen molar-refractivity contribution in [3.05, 3.63) is 86.9 Å². The third kappa shape index (κ3) is 3.28. The number of thiazole rings is 1. The van der Waals surface area contributed by atoms with Crippen LogP contribution in [0.15, 0.2) is 65.0 Å². The lowest BCUT2D eigenvalue weighted by Crippen LogP contribution is -2.28. The minimum Gasteiger partial charge on any atom is -0.294 e. The molecular weight excluding hydrogens is 418 g/mol. The van der Waals surface area contributed by atoms with Crippen molar-refractivity contribution in [2.24, 2.45) is 0 Å². The maximum absolute atomic E-state index is 13.5. The van der Waals surface area contributed by atoms with Crippen LogP contribution in [0, 0.1) is 0 Å². The van der Waals surface area contributed by atoms with Gasteiger partial charge in [-0.05, 0) is 43.2 Å². The van der Waals surface area contributed by atoms with Crippen LogP contribution in [0.25, 0.3) is 27.5 Å². The summed E-state index contributed by atoms with van der Waals surface area (Å²) in [6, 6.07) is 12.7. The van der Waals surface area contributed by atoms with Crippen molar-refractivity contribution in [2.75, 3.05) is 0 Å². The highest BCUT2D eigenvalue weighted by atomic mass is 35.5. The van der Waals surface area contributed by atoms with Crippen LogP contribution in [0.4, 0.5) is 0 Å². The smallest absolute Gasteiger partial charge is 0.265 e. The summed E-state index contributed by atoms with van der Waals surface area (Å²) >= 11 is 7.37. The Bertz CT molecular complexity index is 1310. The van der Waals surface area contributed by atoms with Crippen molar-refractivity contribution < 1.29 is 4.79 Å². The first kappa shape index (κ1) is 18.9. The Kier molecular flexibility index (Phi) is 4.81. The molecule has 5 rings (SSSR count). The number of hydrogen-bond donors (Lipinski definition) is 0. The number of Topliss-reactive ketones (excluding diaryl/α,β-unsaturated/α-hetero) is 1. The first-order valence-electron chi connectivity index (χ1n) is 9.56. The molecule has 0 aliphatic heterocycles. The number of benzene rings is 1. The monoisotopic (exact) mass is 433 g/mol. The third-order valence-electron chi connectivity index (χ3n) is 5.20. The van der Waals surface area contributed by atoms with Crippen molar-refractivity contribution >= 4 is 28.7 Å². The number of aromatic nitrogens is 3. The van der Waals surface area contributed by atoms with Crippen LogP contribution < -0.4 is 5.56 Å². The van der Waals surface area contributed by atoms with E-state index < -0.39 is 0 Å². The third-order valence-corrected chi connectivity index (χ3v) is 6.33. The van der Waals surface area contributed by atoms with Gasteiger partial charge in [-0.1, -0.05) is 23.7 Å². The van der Waals surface area contributed by atoms with Crippen LogP contribution in [-0.2, 0) is 6.42 Å². The van der Waals surface area contributed by atoms with Crippen LogP contribution in [0.3, 0.4) is 0 Å². The lowest BCUT2D eigenvalue weighted by Gasteiger charge is -2.21. The zero-order valence-corrected chi connectivity index (χ0v) is 17.4. The molecule has 0 amide bonds. The Labute approximate surface area is 181 Å². The average molecular weight is 434 g/mol. The number of halogens is 1. The van der Waals surface area contributed by atoms with E-state index >= 15 is 0 Å². The van der Waals surface area contributed by atoms with E-state index in [1.54, 1.807) is 29.1 Å². The number of pyridine rings is 2. The Hall–Kier alpha value is -3.09. The average Bonchev–Trinajstić information content (AvgIpc) is 3.25. The molecule has 1 aliphatic rings. The second-order valence-electron chi connectivity index (χ2n) is 7.09. The summed E-state index contributed by atoms with van der Waals surface area (Å²) in [7, 11) is 0. The van der Waals surface area contributed by atoms with Gasteiger partial charge in [0.25, 0.3) is 5.56 Å². The minimum absolute atomic E-state index is 0.0598. The first-order valence-corrected chi connectivity index (χ1v) is 10.8. The zero-order valence-electron chi connectivity index (χ0n) is 15.8. The van der Waals surface area contributed by atoms with E-state index in [9.17, 15) is 9.59 Å². The molecule has 148 valence electrons. The van der Waals surface area contributed by atoms with Crippen LogP contribution in [0.2, 0.25) is 5.02 Å².